The molecule has 106 valence electrons. The van der Waals surface area contributed by atoms with E-state index in [4.69, 9.17) is 0 Å². The molecule has 3 atom stereocenters. The van der Waals surface area contributed by atoms with E-state index in [1.807, 2.05) is 28.4 Å². The van der Waals surface area contributed by atoms with Gasteiger partial charge in [0.1, 0.15) is 5.82 Å². The molecule has 3 rings (SSSR count). The number of aromatic nitrogens is 2. The highest BCUT2D eigenvalue weighted by atomic mass is 32.1. The molecule has 0 radical (unpaired) electrons. The highest BCUT2D eigenvalue weighted by Gasteiger charge is 2.37. The summed E-state index contributed by atoms with van der Waals surface area (Å²) in [6.07, 6.45) is 4.66. The average molecular weight is 291 g/mol. The third-order valence-corrected chi connectivity index (χ3v) is 4.58. The Hall–Kier alpha value is -1.66. The smallest absolute Gasteiger partial charge is 0.252 e. The fourth-order valence-corrected chi connectivity index (χ4v) is 3.44. The first-order valence-corrected chi connectivity index (χ1v) is 7.61. The summed E-state index contributed by atoms with van der Waals surface area (Å²) < 4.78 is 1.99. The van der Waals surface area contributed by atoms with Crippen LogP contribution in [0.4, 0.5) is 0 Å². The monoisotopic (exact) mass is 291 g/mol. The predicted octanol–water partition coefficient (Wildman–Crippen LogP) is 1.75. The largest absolute Gasteiger partial charge is 0.389 e. The Morgan fingerprint density at radius 1 is 1.55 bits per heavy atom. The lowest BCUT2D eigenvalue weighted by molar-refractivity contribution is 0.0812. The van der Waals surface area contributed by atoms with Crippen LogP contribution in [-0.2, 0) is 0 Å². The highest BCUT2D eigenvalue weighted by Crippen LogP contribution is 2.31. The summed E-state index contributed by atoms with van der Waals surface area (Å²) in [5, 5.41) is 17.0. The van der Waals surface area contributed by atoms with Crippen molar-refractivity contribution in [3.8, 4) is 0 Å². The molecule has 2 N–H and O–H groups in total. The normalized spacial score (nSPS) is 25.8. The minimum absolute atomic E-state index is 0.00900. The number of hydrogen-bond acceptors (Lipinski definition) is 4. The Bertz CT molecular complexity index is 593. The summed E-state index contributed by atoms with van der Waals surface area (Å²) in [4.78, 5) is 16.2. The zero-order chi connectivity index (χ0) is 14.1. The zero-order valence-corrected chi connectivity index (χ0v) is 12.0. The number of hydrogen-bond donors (Lipinski definition) is 2. The maximum atomic E-state index is 12.0. The molecule has 2 aromatic heterocycles. The first-order chi connectivity index (χ1) is 9.66. The number of thiophene rings is 1. The molecule has 5 nitrogen and oxygen atoms in total. The van der Waals surface area contributed by atoms with Gasteiger partial charge in [-0.3, -0.25) is 4.79 Å². The van der Waals surface area contributed by atoms with E-state index in [9.17, 15) is 9.90 Å². The molecule has 1 aliphatic carbocycles. The molecule has 0 aromatic carbocycles. The second-order valence-corrected chi connectivity index (χ2v) is 5.89. The number of carbonyl (C=O) groups excluding carboxylic acids is 1. The van der Waals surface area contributed by atoms with Gasteiger partial charge in [0.25, 0.3) is 5.91 Å². The van der Waals surface area contributed by atoms with Gasteiger partial charge in [-0.2, -0.15) is 11.3 Å². The molecule has 0 aliphatic heterocycles. The molecule has 20 heavy (non-hydrogen) atoms. The van der Waals surface area contributed by atoms with E-state index >= 15 is 0 Å². The number of nitrogens with one attached hydrogen (secondary N) is 1. The standard InChI is InChI=1S/C14H17N3O2S/c1-9-15-5-6-17(9)12-3-2-11(13(12)18)16-14(19)10-4-7-20-8-10/h4-8,11-13,18H,2-3H2,1H3,(H,16,19)/t11-,12-,13-/m1/s1. The van der Waals surface area contributed by atoms with Crippen LogP contribution in [0.25, 0.3) is 0 Å². The Morgan fingerprint density at radius 2 is 2.40 bits per heavy atom. The van der Waals surface area contributed by atoms with Crippen molar-refractivity contribution in [3.63, 3.8) is 0 Å². The minimum Gasteiger partial charge on any atom is -0.389 e. The summed E-state index contributed by atoms with van der Waals surface area (Å²) in [5.74, 6) is 0.775. The first-order valence-electron chi connectivity index (χ1n) is 6.67. The first kappa shape index (κ1) is 13.3. The average Bonchev–Trinajstić information content (AvgIpc) is 3.13. The number of nitrogens with zero attached hydrogens (tertiary/aromatic N) is 2. The topological polar surface area (TPSA) is 67.2 Å². The van der Waals surface area contributed by atoms with Gasteiger partial charge in [-0.1, -0.05) is 0 Å². The Morgan fingerprint density at radius 3 is 3.05 bits per heavy atom. The lowest BCUT2D eigenvalue weighted by atomic mass is 10.1. The van der Waals surface area contributed by atoms with Crippen molar-refractivity contribution in [1.29, 1.82) is 0 Å². The van der Waals surface area contributed by atoms with Crippen LogP contribution < -0.4 is 5.32 Å². The van der Waals surface area contributed by atoms with Crippen molar-refractivity contribution in [2.45, 2.75) is 38.0 Å². The molecule has 1 saturated carbocycles. The summed E-state index contributed by atoms with van der Waals surface area (Å²) in [5.41, 5.74) is 0.657. The molecule has 2 heterocycles. The van der Waals surface area contributed by atoms with E-state index in [2.05, 4.69) is 10.3 Å². The summed E-state index contributed by atoms with van der Waals surface area (Å²) in [6, 6.07) is 1.58. The summed E-state index contributed by atoms with van der Waals surface area (Å²) in [7, 11) is 0. The summed E-state index contributed by atoms with van der Waals surface area (Å²) >= 11 is 1.49. The highest BCUT2D eigenvalue weighted by molar-refractivity contribution is 7.08. The van der Waals surface area contributed by atoms with Crippen LogP contribution >= 0.6 is 11.3 Å². The van der Waals surface area contributed by atoms with Gasteiger partial charge in [-0.05, 0) is 31.2 Å². The van der Waals surface area contributed by atoms with E-state index in [1.54, 1.807) is 12.3 Å². The second kappa shape index (κ2) is 5.38. The molecule has 0 saturated heterocycles. The number of aliphatic hydroxyl groups is 1. The van der Waals surface area contributed by atoms with Gasteiger partial charge in [0.05, 0.1) is 18.2 Å². The van der Waals surface area contributed by atoms with Crippen LogP contribution in [0.15, 0.2) is 29.2 Å². The Balaban J connectivity index is 1.68. The number of carbonyl (C=O) groups is 1. The quantitative estimate of drug-likeness (QED) is 0.905. The van der Waals surface area contributed by atoms with E-state index in [0.29, 0.717) is 5.56 Å². The molecule has 0 unspecified atom stereocenters. The third-order valence-electron chi connectivity index (χ3n) is 3.90. The van der Waals surface area contributed by atoms with Crippen LogP contribution in [0, 0.1) is 6.92 Å². The number of rotatable bonds is 3. The third kappa shape index (κ3) is 2.36. The van der Waals surface area contributed by atoms with Crippen molar-refractivity contribution >= 4 is 17.2 Å². The van der Waals surface area contributed by atoms with Crippen molar-refractivity contribution < 1.29 is 9.90 Å². The van der Waals surface area contributed by atoms with Crippen LogP contribution in [0.1, 0.15) is 35.1 Å². The number of amides is 1. The maximum Gasteiger partial charge on any atom is 0.252 e. The molecular weight excluding hydrogens is 274 g/mol. The number of aliphatic hydroxyl groups excluding tert-OH is 1. The van der Waals surface area contributed by atoms with Crippen molar-refractivity contribution in [2.75, 3.05) is 0 Å². The second-order valence-electron chi connectivity index (χ2n) is 5.11. The Kier molecular flexibility index (Phi) is 3.58. The molecule has 0 bridgehead atoms. The van der Waals surface area contributed by atoms with Gasteiger partial charge in [-0.25, -0.2) is 4.98 Å². The van der Waals surface area contributed by atoms with Gasteiger partial charge < -0.3 is 15.0 Å². The van der Waals surface area contributed by atoms with Crippen LogP contribution in [0.3, 0.4) is 0 Å². The molecule has 1 aliphatic rings. The number of imidazole rings is 1. The molecular formula is C14H17N3O2S. The Labute approximate surface area is 121 Å². The predicted molar refractivity (Wildman–Crippen MR) is 76.8 cm³/mol. The lowest BCUT2D eigenvalue weighted by Gasteiger charge is -2.22. The van der Waals surface area contributed by atoms with Crippen molar-refractivity contribution in [2.24, 2.45) is 0 Å². The zero-order valence-electron chi connectivity index (χ0n) is 11.2. The van der Waals surface area contributed by atoms with Crippen LogP contribution in [0.5, 0.6) is 0 Å². The van der Waals surface area contributed by atoms with Crippen molar-refractivity contribution in [1.82, 2.24) is 14.9 Å². The fraction of sp³-hybridized carbons (Fsp3) is 0.429. The molecule has 1 fully saturated rings. The fourth-order valence-electron chi connectivity index (χ4n) is 2.80. The lowest BCUT2D eigenvalue weighted by Crippen LogP contribution is -2.42. The van der Waals surface area contributed by atoms with Gasteiger partial charge in [0, 0.05) is 23.3 Å². The summed E-state index contributed by atoms with van der Waals surface area (Å²) in [6.45, 7) is 1.92. The van der Waals surface area contributed by atoms with Crippen LogP contribution in [0.2, 0.25) is 0 Å². The molecule has 0 spiro atoms. The van der Waals surface area contributed by atoms with E-state index in [-0.39, 0.29) is 18.0 Å². The molecule has 2 aromatic rings. The molecule has 6 heteroatoms. The van der Waals surface area contributed by atoms with E-state index < -0.39 is 6.10 Å². The maximum absolute atomic E-state index is 12.0. The van der Waals surface area contributed by atoms with Crippen LogP contribution in [-0.4, -0.2) is 32.7 Å². The van der Waals surface area contributed by atoms with Crippen molar-refractivity contribution in [3.05, 3.63) is 40.6 Å². The van der Waals surface area contributed by atoms with Gasteiger partial charge in [0.15, 0.2) is 0 Å². The molecule has 1 amide bonds. The van der Waals surface area contributed by atoms with E-state index in [0.717, 1.165) is 18.7 Å². The number of aryl methyl sites for hydroxylation is 1. The van der Waals surface area contributed by atoms with E-state index in [1.165, 1.54) is 11.3 Å². The van der Waals surface area contributed by atoms with Gasteiger partial charge in [0.2, 0.25) is 0 Å². The van der Waals surface area contributed by atoms with Gasteiger partial charge in [-0.15, -0.1) is 0 Å². The minimum atomic E-state index is -0.578. The van der Waals surface area contributed by atoms with Gasteiger partial charge >= 0.3 is 0 Å². The SMILES string of the molecule is Cc1nccn1[C@@H]1CC[C@@H](NC(=O)c2ccsc2)[C@H]1O.